The van der Waals surface area contributed by atoms with Gasteiger partial charge in [0.25, 0.3) is 0 Å². The Labute approximate surface area is 141 Å². The zero-order valence-electron chi connectivity index (χ0n) is 13.4. The molecule has 0 atom stereocenters. The predicted molar refractivity (Wildman–Crippen MR) is 89.5 cm³/mol. The van der Waals surface area contributed by atoms with Crippen LogP contribution in [0.5, 0.6) is 0 Å². The van der Waals surface area contributed by atoms with Crippen LogP contribution in [0.4, 0.5) is 5.69 Å². The minimum absolute atomic E-state index is 0.232. The molecule has 1 aromatic heterocycles. The van der Waals surface area contributed by atoms with Crippen LogP contribution in [0.15, 0.2) is 33.6 Å². The van der Waals surface area contributed by atoms with E-state index < -0.39 is 9.84 Å². The number of hydrogen-bond acceptors (Lipinski definition) is 6. The van der Waals surface area contributed by atoms with E-state index in [1.807, 2.05) is 6.07 Å². The molecule has 0 radical (unpaired) electrons. The van der Waals surface area contributed by atoms with E-state index in [1.165, 1.54) is 0 Å². The fraction of sp³-hybridized carbons (Fsp3) is 0.529. The molecule has 128 valence electrons. The van der Waals surface area contributed by atoms with Crippen molar-refractivity contribution < 1.29 is 12.8 Å². The number of aromatic nitrogens is 2. The van der Waals surface area contributed by atoms with Gasteiger partial charge in [0.2, 0.25) is 11.8 Å². The molecule has 1 aromatic carbocycles. The molecule has 1 heterocycles. The first-order valence-corrected chi connectivity index (χ1v) is 10.1. The van der Waals surface area contributed by atoms with Crippen LogP contribution in [0, 0.1) is 0 Å². The fourth-order valence-electron chi connectivity index (χ4n) is 3.19. The zero-order valence-corrected chi connectivity index (χ0v) is 14.3. The second-order valence-electron chi connectivity index (χ2n) is 6.64. The van der Waals surface area contributed by atoms with Crippen LogP contribution >= 0.6 is 0 Å². The van der Waals surface area contributed by atoms with Crippen LogP contribution < -0.4 is 5.32 Å². The summed E-state index contributed by atoms with van der Waals surface area (Å²) in [5, 5.41) is 11.0. The Hall–Kier alpha value is -1.89. The highest BCUT2D eigenvalue weighted by Gasteiger charge is 2.30. The molecule has 2 aliphatic carbocycles. The van der Waals surface area contributed by atoms with E-state index in [0.717, 1.165) is 44.2 Å². The van der Waals surface area contributed by atoms with Gasteiger partial charge in [0.15, 0.2) is 9.84 Å². The summed E-state index contributed by atoms with van der Waals surface area (Å²) < 4.78 is 31.0. The van der Waals surface area contributed by atoms with Gasteiger partial charge in [0.1, 0.15) is 0 Å². The molecule has 0 saturated heterocycles. The van der Waals surface area contributed by atoms with Crippen LogP contribution in [0.3, 0.4) is 0 Å². The summed E-state index contributed by atoms with van der Waals surface area (Å²) in [5.74, 6) is 1.68. The maximum atomic E-state index is 12.7. The van der Waals surface area contributed by atoms with Gasteiger partial charge in [-0.2, -0.15) is 0 Å². The van der Waals surface area contributed by atoms with E-state index >= 15 is 0 Å². The summed E-state index contributed by atoms with van der Waals surface area (Å²) in [6.07, 6.45) is 5.79. The Bertz CT molecular complexity index is 821. The number of hydrogen-bond donors (Lipinski definition) is 1. The van der Waals surface area contributed by atoms with E-state index in [9.17, 15) is 8.42 Å². The summed E-state index contributed by atoms with van der Waals surface area (Å²) in [6, 6.07) is 7.00. The molecule has 2 saturated carbocycles. The van der Waals surface area contributed by atoms with Crippen molar-refractivity contribution in [1.82, 2.24) is 10.2 Å². The average Bonchev–Trinajstić information content (AvgIpc) is 3.11. The van der Waals surface area contributed by atoms with Gasteiger partial charge in [-0.05, 0) is 43.9 Å². The Morgan fingerprint density at radius 3 is 2.67 bits per heavy atom. The molecule has 0 unspecified atom stereocenters. The van der Waals surface area contributed by atoms with E-state index in [-0.39, 0.29) is 5.25 Å². The number of sulfone groups is 1. The van der Waals surface area contributed by atoms with Gasteiger partial charge in [-0.1, -0.05) is 18.9 Å². The highest BCUT2D eigenvalue weighted by atomic mass is 32.2. The Morgan fingerprint density at radius 1 is 1.12 bits per heavy atom. The maximum absolute atomic E-state index is 12.7. The number of anilines is 1. The third-order valence-corrected chi connectivity index (χ3v) is 7.02. The van der Waals surface area contributed by atoms with Gasteiger partial charge < -0.3 is 9.73 Å². The molecule has 7 heteroatoms. The van der Waals surface area contributed by atoms with E-state index in [0.29, 0.717) is 29.1 Å². The number of nitrogens with zero attached hydrogens (tertiary/aromatic N) is 2. The Morgan fingerprint density at radius 2 is 1.92 bits per heavy atom. The quantitative estimate of drug-likeness (QED) is 0.863. The fourth-order valence-corrected chi connectivity index (χ4v) is 5.08. The maximum Gasteiger partial charge on any atom is 0.235 e. The van der Waals surface area contributed by atoms with E-state index in [1.54, 1.807) is 18.2 Å². The third kappa shape index (κ3) is 3.17. The summed E-state index contributed by atoms with van der Waals surface area (Å²) in [6.45, 7) is 0.395. The van der Waals surface area contributed by atoms with Crippen LogP contribution in [0.2, 0.25) is 0 Å². The lowest BCUT2D eigenvalue weighted by Crippen LogP contribution is -2.17. The van der Waals surface area contributed by atoms with Gasteiger partial charge >= 0.3 is 0 Å². The first-order chi connectivity index (χ1) is 11.6. The van der Waals surface area contributed by atoms with Gasteiger partial charge in [0.05, 0.1) is 16.7 Å². The van der Waals surface area contributed by atoms with Crippen molar-refractivity contribution in [2.45, 2.75) is 61.1 Å². The monoisotopic (exact) mass is 347 g/mol. The lowest BCUT2D eigenvalue weighted by Gasteiger charge is -2.12. The van der Waals surface area contributed by atoms with Crippen LogP contribution in [0.25, 0.3) is 0 Å². The van der Waals surface area contributed by atoms with Crippen molar-refractivity contribution in [2.75, 3.05) is 5.32 Å². The summed E-state index contributed by atoms with van der Waals surface area (Å²) in [5.41, 5.74) is 0.750. The smallest absolute Gasteiger partial charge is 0.235 e. The van der Waals surface area contributed by atoms with Gasteiger partial charge in [-0.25, -0.2) is 8.42 Å². The van der Waals surface area contributed by atoms with Crippen molar-refractivity contribution in [3.8, 4) is 0 Å². The molecular weight excluding hydrogens is 326 g/mol. The molecule has 24 heavy (non-hydrogen) atoms. The Kier molecular flexibility index (Phi) is 4.04. The normalized spacial score (nSPS) is 18.8. The van der Waals surface area contributed by atoms with Crippen LogP contribution in [0.1, 0.15) is 56.2 Å². The molecule has 1 N–H and O–H groups in total. The molecule has 0 aliphatic heterocycles. The largest absolute Gasteiger partial charge is 0.423 e. The lowest BCUT2D eigenvalue weighted by molar-refractivity contribution is 0.457. The van der Waals surface area contributed by atoms with Gasteiger partial charge in [-0.3, -0.25) is 0 Å². The van der Waals surface area contributed by atoms with E-state index in [2.05, 4.69) is 15.5 Å². The van der Waals surface area contributed by atoms with Crippen molar-refractivity contribution in [2.24, 2.45) is 0 Å². The molecule has 6 nitrogen and oxygen atoms in total. The van der Waals surface area contributed by atoms with Gasteiger partial charge in [-0.15, -0.1) is 10.2 Å². The van der Waals surface area contributed by atoms with Crippen molar-refractivity contribution in [3.63, 3.8) is 0 Å². The zero-order chi connectivity index (χ0) is 16.6. The van der Waals surface area contributed by atoms with Crippen LogP contribution in [-0.2, 0) is 16.4 Å². The topological polar surface area (TPSA) is 85.1 Å². The SMILES string of the molecule is O=S(=O)(c1cccc(NCc2nnc(C3CC3)o2)c1)C1CCCC1. The average molecular weight is 347 g/mol. The molecule has 4 rings (SSSR count). The summed E-state index contributed by atoms with van der Waals surface area (Å²) in [7, 11) is -3.23. The number of nitrogens with one attached hydrogen (secondary N) is 1. The second-order valence-corrected chi connectivity index (χ2v) is 8.87. The molecule has 2 aromatic rings. The molecular formula is C17H21N3O3S. The molecule has 0 amide bonds. The third-order valence-electron chi connectivity index (χ3n) is 4.76. The van der Waals surface area contributed by atoms with Gasteiger partial charge in [0, 0.05) is 11.6 Å². The molecule has 2 fully saturated rings. The first kappa shape index (κ1) is 15.6. The minimum atomic E-state index is -3.23. The highest BCUT2D eigenvalue weighted by molar-refractivity contribution is 7.92. The number of benzene rings is 1. The molecule has 0 bridgehead atoms. The van der Waals surface area contributed by atoms with Crippen molar-refractivity contribution >= 4 is 15.5 Å². The molecule has 2 aliphatic rings. The first-order valence-electron chi connectivity index (χ1n) is 8.53. The summed E-state index contributed by atoms with van der Waals surface area (Å²) in [4.78, 5) is 0.392. The van der Waals surface area contributed by atoms with Crippen LogP contribution in [-0.4, -0.2) is 23.9 Å². The standard InChI is InChI=1S/C17H21N3O3S/c21-24(22,14-5-1-2-6-14)15-7-3-4-13(10-15)18-11-16-19-20-17(23-16)12-8-9-12/h3-4,7,10,12,14,18H,1-2,5-6,8-9,11H2. The molecule has 0 spiro atoms. The second kappa shape index (κ2) is 6.20. The number of rotatable bonds is 6. The highest BCUT2D eigenvalue weighted by Crippen LogP contribution is 2.39. The predicted octanol–water partition coefficient (Wildman–Crippen LogP) is 3.28. The Balaban J connectivity index is 1.45. The summed E-state index contributed by atoms with van der Waals surface area (Å²) >= 11 is 0. The minimum Gasteiger partial charge on any atom is -0.423 e. The lowest BCUT2D eigenvalue weighted by atomic mass is 10.3. The van der Waals surface area contributed by atoms with Crippen molar-refractivity contribution in [1.29, 1.82) is 0 Å². The van der Waals surface area contributed by atoms with Crippen molar-refractivity contribution in [3.05, 3.63) is 36.0 Å². The van der Waals surface area contributed by atoms with E-state index in [4.69, 9.17) is 4.42 Å².